The van der Waals surface area contributed by atoms with E-state index in [1.54, 1.807) is 6.33 Å². The van der Waals surface area contributed by atoms with Gasteiger partial charge in [-0.1, -0.05) is 26.7 Å². The topological polar surface area (TPSA) is 68.8 Å². The monoisotopic (exact) mass is 293 g/mol. The number of aromatic nitrogens is 3. The first-order valence-corrected chi connectivity index (χ1v) is 8.33. The van der Waals surface area contributed by atoms with Gasteiger partial charge < -0.3 is 0 Å². The number of hydrogen-bond acceptors (Lipinski definition) is 4. The van der Waals surface area contributed by atoms with Crippen molar-refractivity contribution in [3.05, 3.63) is 12.2 Å². The van der Waals surface area contributed by atoms with Crippen LogP contribution in [0.3, 0.4) is 0 Å². The van der Waals surface area contributed by atoms with E-state index in [0.717, 1.165) is 12.2 Å². The number of hydrazine groups is 1. The van der Waals surface area contributed by atoms with Crippen LogP contribution in [0.1, 0.15) is 71.7 Å². The minimum absolute atomic E-state index is 0.282. The molecule has 3 N–H and O–H groups in total. The lowest BCUT2D eigenvalue weighted by Gasteiger charge is -2.38. The summed E-state index contributed by atoms with van der Waals surface area (Å²) in [5, 5.41) is 4.35. The standard InChI is InChI=1S/C16H31N5/c1-12(2)10-16(7-5-6-8-16)14(20-17)9-15-18-11-19-21(15)13(3)4/h11-14,20H,5-10,17H2,1-4H3. The summed E-state index contributed by atoms with van der Waals surface area (Å²) in [5.74, 6) is 7.69. The fourth-order valence-corrected chi connectivity index (χ4v) is 4.07. The van der Waals surface area contributed by atoms with Gasteiger partial charge >= 0.3 is 0 Å². The second kappa shape index (κ2) is 6.88. The molecule has 1 heterocycles. The predicted molar refractivity (Wildman–Crippen MR) is 85.6 cm³/mol. The minimum atomic E-state index is 0.282. The van der Waals surface area contributed by atoms with Gasteiger partial charge in [-0.05, 0) is 44.4 Å². The van der Waals surface area contributed by atoms with Crippen molar-refractivity contribution in [2.24, 2.45) is 17.2 Å². The van der Waals surface area contributed by atoms with Crippen molar-refractivity contribution in [1.82, 2.24) is 20.2 Å². The highest BCUT2D eigenvalue weighted by atomic mass is 15.3. The van der Waals surface area contributed by atoms with E-state index in [1.807, 2.05) is 4.68 Å². The Labute approximate surface area is 128 Å². The predicted octanol–water partition coefficient (Wildman–Crippen LogP) is 2.84. The average molecular weight is 293 g/mol. The summed E-state index contributed by atoms with van der Waals surface area (Å²) in [5.41, 5.74) is 3.43. The van der Waals surface area contributed by atoms with Crippen LogP contribution in [0.4, 0.5) is 0 Å². The molecule has 1 aliphatic carbocycles. The van der Waals surface area contributed by atoms with Crippen LogP contribution in [0.2, 0.25) is 0 Å². The zero-order valence-corrected chi connectivity index (χ0v) is 14.0. The average Bonchev–Trinajstić information content (AvgIpc) is 3.04. The summed E-state index contributed by atoms with van der Waals surface area (Å²) in [4.78, 5) is 4.46. The second-order valence-corrected chi connectivity index (χ2v) is 7.31. The summed E-state index contributed by atoms with van der Waals surface area (Å²) in [7, 11) is 0. The lowest BCUT2D eigenvalue weighted by Crippen LogP contribution is -2.49. The Bertz CT molecular complexity index is 432. The van der Waals surface area contributed by atoms with Crippen LogP contribution in [-0.4, -0.2) is 20.8 Å². The van der Waals surface area contributed by atoms with Crippen molar-refractivity contribution < 1.29 is 0 Å². The zero-order valence-electron chi connectivity index (χ0n) is 14.0. The molecule has 5 nitrogen and oxygen atoms in total. The molecule has 120 valence electrons. The number of nitrogens with zero attached hydrogens (tertiary/aromatic N) is 3. The largest absolute Gasteiger partial charge is 0.271 e. The lowest BCUT2D eigenvalue weighted by atomic mass is 9.71. The fourth-order valence-electron chi connectivity index (χ4n) is 4.07. The van der Waals surface area contributed by atoms with Gasteiger partial charge in [0, 0.05) is 18.5 Å². The van der Waals surface area contributed by atoms with E-state index in [1.165, 1.54) is 32.1 Å². The van der Waals surface area contributed by atoms with E-state index in [2.05, 4.69) is 43.2 Å². The smallest absolute Gasteiger partial charge is 0.138 e. The molecule has 2 rings (SSSR count). The van der Waals surface area contributed by atoms with Gasteiger partial charge in [-0.3, -0.25) is 11.3 Å². The van der Waals surface area contributed by atoms with Gasteiger partial charge in [0.25, 0.3) is 0 Å². The third-order valence-electron chi connectivity index (χ3n) is 4.88. The van der Waals surface area contributed by atoms with Crippen LogP contribution < -0.4 is 11.3 Å². The Morgan fingerprint density at radius 2 is 1.95 bits per heavy atom. The van der Waals surface area contributed by atoms with Crippen LogP contribution >= 0.6 is 0 Å². The van der Waals surface area contributed by atoms with Crippen molar-refractivity contribution in [3.8, 4) is 0 Å². The van der Waals surface area contributed by atoms with Crippen LogP contribution in [0.5, 0.6) is 0 Å². The first kappa shape index (κ1) is 16.4. The summed E-state index contributed by atoms with van der Waals surface area (Å²) in [6, 6.07) is 0.620. The number of hydrogen-bond donors (Lipinski definition) is 2. The lowest BCUT2D eigenvalue weighted by molar-refractivity contribution is 0.151. The van der Waals surface area contributed by atoms with Crippen molar-refractivity contribution in [2.75, 3.05) is 0 Å². The van der Waals surface area contributed by atoms with Crippen molar-refractivity contribution in [2.45, 2.75) is 78.3 Å². The molecule has 1 aromatic rings. The normalized spacial score (nSPS) is 19.6. The highest BCUT2D eigenvalue weighted by molar-refractivity contribution is 5.01. The molecule has 0 amide bonds. The van der Waals surface area contributed by atoms with E-state index in [0.29, 0.717) is 17.4 Å². The molecule has 1 saturated carbocycles. The van der Waals surface area contributed by atoms with Gasteiger partial charge in [0.15, 0.2) is 0 Å². The van der Waals surface area contributed by atoms with Gasteiger partial charge in [-0.2, -0.15) is 5.10 Å². The van der Waals surface area contributed by atoms with Crippen LogP contribution in [0.15, 0.2) is 6.33 Å². The molecule has 0 aromatic carbocycles. The number of nitrogens with two attached hydrogens (primary N) is 1. The third-order valence-corrected chi connectivity index (χ3v) is 4.88. The molecule has 0 radical (unpaired) electrons. The molecule has 21 heavy (non-hydrogen) atoms. The Morgan fingerprint density at radius 1 is 1.29 bits per heavy atom. The molecule has 1 unspecified atom stereocenters. The first-order chi connectivity index (χ1) is 9.98. The van der Waals surface area contributed by atoms with E-state index < -0.39 is 0 Å². The maximum absolute atomic E-state index is 5.95. The van der Waals surface area contributed by atoms with E-state index in [-0.39, 0.29) is 6.04 Å². The molecule has 1 aliphatic rings. The van der Waals surface area contributed by atoms with Crippen molar-refractivity contribution in [3.63, 3.8) is 0 Å². The third kappa shape index (κ3) is 3.64. The van der Waals surface area contributed by atoms with Gasteiger partial charge in [-0.15, -0.1) is 0 Å². The maximum atomic E-state index is 5.95. The summed E-state index contributed by atoms with van der Waals surface area (Å²) < 4.78 is 2.02. The Kier molecular flexibility index (Phi) is 5.38. The van der Waals surface area contributed by atoms with Gasteiger partial charge in [0.05, 0.1) is 0 Å². The first-order valence-electron chi connectivity index (χ1n) is 8.33. The van der Waals surface area contributed by atoms with Crippen LogP contribution in [0.25, 0.3) is 0 Å². The second-order valence-electron chi connectivity index (χ2n) is 7.31. The summed E-state index contributed by atoms with van der Waals surface area (Å²) in [6.45, 7) is 8.90. The molecule has 1 fully saturated rings. The fraction of sp³-hybridized carbons (Fsp3) is 0.875. The highest BCUT2D eigenvalue weighted by Gasteiger charge is 2.41. The quantitative estimate of drug-likeness (QED) is 0.599. The van der Waals surface area contributed by atoms with Crippen LogP contribution in [-0.2, 0) is 6.42 Å². The van der Waals surface area contributed by atoms with Crippen molar-refractivity contribution in [1.29, 1.82) is 0 Å². The van der Waals surface area contributed by atoms with E-state index >= 15 is 0 Å². The van der Waals surface area contributed by atoms with Gasteiger partial charge in [0.1, 0.15) is 12.2 Å². The molecule has 0 bridgehead atoms. The zero-order chi connectivity index (χ0) is 15.5. The molecular formula is C16H31N5. The molecule has 0 saturated heterocycles. The van der Waals surface area contributed by atoms with Crippen molar-refractivity contribution >= 4 is 0 Å². The minimum Gasteiger partial charge on any atom is -0.271 e. The van der Waals surface area contributed by atoms with Crippen LogP contribution in [0, 0.1) is 11.3 Å². The molecule has 1 aromatic heterocycles. The summed E-state index contributed by atoms with van der Waals surface area (Å²) >= 11 is 0. The number of rotatable bonds is 7. The Morgan fingerprint density at radius 3 is 2.48 bits per heavy atom. The Hall–Kier alpha value is -0.940. The summed E-state index contributed by atoms with van der Waals surface area (Å²) in [6.07, 6.45) is 8.95. The van der Waals surface area contributed by atoms with E-state index in [4.69, 9.17) is 5.84 Å². The van der Waals surface area contributed by atoms with Gasteiger partial charge in [-0.25, -0.2) is 9.67 Å². The number of nitrogens with one attached hydrogen (secondary N) is 1. The van der Waals surface area contributed by atoms with E-state index in [9.17, 15) is 0 Å². The molecular weight excluding hydrogens is 262 g/mol. The highest BCUT2D eigenvalue weighted by Crippen LogP contribution is 2.46. The van der Waals surface area contributed by atoms with Gasteiger partial charge in [0.2, 0.25) is 0 Å². The molecule has 1 atom stereocenters. The maximum Gasteiger partial charge on any atom is 0.138 e. The SMILES string of the molecule is CC(C)CC1(C(Cc2ncnn2C(C)C)NN)CCCC1. The Balaban J connectivity index is 2.19. The molecule has 0 aliphatic heterocycles. The molecule has 0 spiro atoms. The molecule has 5 heteroatoms.